The van der Waals surface area contributed by atoms with Gasteiger partial charge in [0.05, 0.1) is 23.4 Å². The number of nitrogen functional groups attached to an aromatic ring is 1. The summed E-state index contributed by atoms with van der Waals surface area (Å²) in [6, 6.07) is 16.4. The summed E-state index contributed by atoms with van der Waals surface area (Å²) in [6.07, 6.45) is 4.66. The first-order valence-electron chi connectivity index (χ1n) is 12.2. The van der Waals surface area contributed by atoms with Crippen LogP contribution in [0.2, 0.25) is 0 Å². The molecular weight excluding hydrogens is 478 g/mol. The number of aromatic nitrogens is 3. The number of pyridine rings is 1. The average Bonchev–Trinajstić information content (AvgIpc) is 3.24. The molecule has 190 valence electrons. The Bertz CT molecular complexity index is 1670. The van der Waals surface area contributed by atoms with E-state index in [1.807, 2.05) is 79.8 Å². The molecule has 0 saturated carbocycles. The number of rotatable bonds is 4. The molecule has 0 saturated heterocycles. The first-order chi connectivity index (χ1) is 18.3. The lowest BCUT2D eigenvalue weighted by molar-refractivity contribution is 0.0934. The van der Waals surface area contributed by atoms with Gasteiger partial charge < -0.3 is 11.1 Å². The molecule has 9 heteroatoms. The molecule has 1 amide bonds. The number of hydrogen-bond donors (Lipinski definition) is 2. The summed E-state index contributed by atoms with van der Waals surface area (Å²) in [7, 11) is 1.92. The number of benzene rings is 2. The summed E-state index contributed by atoms with van der Waals surface area (Å²) in [5, 5.41) is 10.4. The lowest BCUT2D eigenvalue weighted by Crippen LogP contribution is -2.33. The number of fused-ring (bicyclic) bond motifs is 1. The summed E-state index contributed by atoms with van der Waals surface area (Å²) < 4.78 is 1.62. The maximum absolute atomic E-state index is 14.1. The van der Waals surface area contributed by atoms with Crippen LogP contribution >= 0.6 is 0 Å². The summed E-state index contributed by atoms with van der Waals surface area (Å²) in [5.74, 6) is 6.02. The van der Waals surface area contributed by atoms with Crippen LogP contribution in [0.3, 0.4) is 0 Å². The molecule has 2 aromatic heterocycles. The summed E-state index contributed by atoms with van der Waals surface area (Å²) in [5.41, 5.74) is 7.58. The van der Waals surface area contributed by atoms with Crippen molar-refractivity contribution in [3.63, 3.8) is 0 Å². The largest absolute Gasteiger partial charge is 0.382 e. The molecule has 2 aromatic carbocycles. The summed E-state index contributed by atoms with van der Waals surface area (Å²) in [6.45, 7) is 3.87. The zero-order valence-electron chi connectivity index (χ0n) is 21.3. The smallest absolute Gasteiger partial charge is 0.274 e. The second-order valence-electron chi connectivity index (χ2n) is 9.17. The molecule has 0 fully saturated rings. The molecule has 4 aromatic rings. The lowest BCUT2D eigenvalue weighted by atomic mass is 10.0. The van der Waals surface area contributed by atoms with E-state index in [0.717, 1.165) is 5.39 Å². The minimum absolute atomic E-state index is 0.0293. The molecular formula is C29H27N7O2. The van der Waals surface area contributed by atoms with Crippen molar-refractivity contribution in [2.75, 3.05) is 12.8 Å². The number of hydrogen-bond acceptors (Lipinski definition) is 7. The van der Waals surface area contributed by atoms with Gasteiger partial charge in [-0.15, -0.1) is 0 Å². The van der Waals surface area contributed by atoms with Crippen LogP contribution in [-0.2, 0) is 0 Å². The molecule has 2 unspecified atom stereocenters. The second-order valence-corrected chi connectivity index (χ2v) is 9.17. The van der Waals surface area contributed by atoms with Gasteiger partial charge in [-0.1, -0.05) is 42.2 Å². The highest BCUT2D eigenvalue weighted by Gasteiger charge is 2.23. The maximum atomic E-state index is 14.1. The number of anilines is 1. The van der Waals surface area contributed by atoms with E-state index >= 15 is 0 Å². The molecule has 5 rings (SSSR count). The Morgan fingerprint density at radius 2 is 1.87 bits per heavy atom. The molecule has 3 N–H and O–H groups in total. The Morgan fingerprint density at radius 3 is 2.58 bits per heavy atom. The molecule has 0 radical (unpaired) electrons. The van der Waals surface area contributed by atoms with E-state index in [9.17, 15) is 9.59 Å². The van der Waals surface area contributed by atoms with Gasteiger partial charge in [0, 0.05) is 42.6 Å². The Balaban J connectivity index is 1.63. The molecule has 0 aliphatic carbocycles. The quantitative estimate of drug-likeness (QED) is 0.412. The van der Waals surface area contributed by atoms with Crippen LogP contribution in [0.4, 0.5) is 5.82 Å². The number of nitrogens with zero attached hydrogens (tertiary/aromatic N) is 5. The third-order valence-corrected chi connectivity index (χ3v) is 6.71. The van der Waals surface area contributed by atoms with Crippen molar-refractivity contribution < 1.29 is 4.79 Å². The Labute approximate surface area is 220 Å². The van der Waals surface area contributed by atoms with Gasteiger partial charge in [0.1, 0.15) is 0 Å². The predicted octanol–water partition coefficient (Wildman–Crippen LogP) is 3.14. The van der Waals surface area contributed by atoms with Crippen molar-refractivity contribution in [1.29, 1.82) is 0 Å². The van der Waals surface area contributed by atoms with Crippen molar-refractivity contribution >= 4 is 28.7 Å². The predicted molar refractivity (Wildman–Crippen MR) is 148 cm³/mol. The number of carbonyl (C=O) groups excluding carboxylic acids is 1. The van der Waals surface area contributed by atoms with Crippen molar-refractivity contribution in [3.8, 4) is 17.5 Å². The van der Waals surface area contributed by atoms with Gasteiger partial charge in [0.25, 0.3) is 11.5 Å². The monoisotopic (exact) mass is 505 g/mol. The van der Waals surface area contributed by atoms with Crippen LogP contribution < -0.4 is 16.6 Å². The van der Waals surface area contributed by atoms with Gasteiger partial charge in [-0.3, -0.25) is 19.2 Å². The van der Waals surface area contributed by atoms with Gasteiger partial charge in [0.15, 0.2) is 11.5 Å². The third kappa shape index (κ3) is 4.60. The van der Waals surface area contributed by atoms with Crippen molar-refractivity contribution in [2.24, 2.45) is 11.0 Å². The lowest BCUT2D eigenvalue weighted by Gasteiger charge is -2.21. The topological polar surface area (TPSA) is 118 Å². The molecule has 0 bridgehead atoms. The summed E-state index contributed by atoms with van der Waals surface area (Å²) in [4.78, 5) is 35.0. The highest BCUT2D eigenvalue weighted by molar-refractivity contribution is 5.96. The number of para-hydroxylation sites is 1. The summed E-state index contributed by atoms with van der Waals surface area (Å²) >= 11 is 0. The maximum Gasteiger partial charge on any atom is 0.274 e. The van der Waals surface area contributed by atoms with Crippen LogP contribution in [0.5, 0.6) is 0 Å². The number of carbonyl (C=O) groups is 1. The van der Waals surface area contributed by atoms with Crippen LogP contribution in [-0.4, -0.2) is 44.8 Å². The van der Waals surface area contributed by atoms with E-state index in [1.165, 1.54) is 12.4 Å². The van der Waals surface area contributed by atoms with Crippen LogP contribution in [0.25, 0.3) is 16.5 Å². The van der Waals surface area contributed by atoms with Crippen molar-refractivity contribution in [1.82, 2.24) is 24.9 Å². The zero-order valence-corrected chi connectivity index (χ0v) is 21.3. The van der Waals surface area contributed by atoms with Gasteiger partial charge in [-0.2, -0.15) is 5.10 Å². The van der Waals surface area contributed by atoms with Gasteiger partial charge in [-0.05, 0) is 43.5 Å². The van der Waals surface area contributed by atoms with E-state index in [2.05, 4.69) is 39.2 Å². The molecule has 9 nitrogen and oxygen atoms in total. The average molecular weight is 506 g/mol. The molecule has 1 aliphatic rings. The molecule has 38 heavy (non-hydrogen) atoms. The molecule has 3 atom stereocenters. The fourth-order valence-corrected chi connectivity index (χ4v) is 4.47. The van der Waals surface area contributed by atoms with E-state index in [1.54, 1.807) is 4.57 Å². The number of amides is 1. The third-order valence-electron chi connectivity index (χ3n) is 6.71. The first kappa shape index (κ1) is 24.7. The first-order valence-corrected chi connectivity index (χ1v) is 12.2. The fraction of sp³-hybridized carbons (Fsp3) is 0.207. The van der Waals surface area contributed by atoms with Gasteiger partial charge in [0.2, 0.25) is 0 Å². The van der Waals surface area contributed by atoms with E-state index < -0.39 is 11.9 Å². The number of nitrogens with one attached hydrogen (secondary N) is 1. The number of nitrogens with two attached hydrogens (primary N) is 1. The van der Waals surface area contributed by atoms with E-state index in [0.29, 0.717) is 22.3 Å². The zero-order chi connectivity index (χ0) is 26.8. The molecule has 3 heterocycles. The standard InChI is InChI=1S/C29H27N7O2/c1-18(34-28(37)26-27(30)32-15-14-31-26)24-16-21-9-7-8-20(12-13-22-17-33-35(3)19(22)2)25(21)29(38)36(24)23-10-5-4-6-11-23/h4-11,14-19,22H,1-3H3,(H2,30,32)(H,34,37)/t18-,19?,22?/m0/s1. The normalized spacial score (nSPS) is 17.2. The minimum atomic E-state index is -0.554. The highest BCUT2D eigenvalue weighted by atomic mass is 16.2. The van der Waals surface area contributed by atoms with Gasteiger partial charge in [-0.25, -0.2) is 9.97 Å². The van der Waals surface area contributed by atoms with Crippen LogP contribution in [0.1, 0.15) is 41.6 Å². The Morgan fingerprint density at radius 1 is 1.11 bits per heavy atom. The Hall–Kier alpha value is -4.97. The van der Waals surface area contributed by atoms with Gasteiger partial charge >= 0.3 is 0 Å². The SMILES string of the molecule is CC1C(C#Cc2cccc3cc([C@H](C)NC(=O)c4nccnc4N)n(-c4ccccc4)c(=O)c23)C=NN1C. The van der Waals surface area contributed by atoms with E-state index in [-0.39, 0.29) is 29.0 Å². The molecule has 0 spiro atoms. The van der Waals surface area contributed by atoms with Crippen molar-refractivity contribution in [3.05, 3.63) is 94.3 Å². The molecule has 1 aliphatic heterocycles. The highest BCUT2D eigenvalue weighted by Crippen LogP contribution is 2.24. The second kappa shape index (κ2) is 10.2. The fourth-order valence-electron chi connectivity index (χ4n) is 4.47. The van der Waals surface area contributed by atoms with Crippen molar-refractivity contribution in [2.45, 2.75) is 25.9 Å². The van der Waals surface area contributed by atoms with Crippen LogP contribution in [0, 0.1) is 17.8 Å². The minimum Gasteiger partial charge on any atom is -0.382 e. The van der Waals surface area contributed by atoms with Crippen LogP contribution in [0.15, 0.2) is 76.9 Å². The Kier molecular flexibility index (Phi) is 6.62. The van der Waals surface area contributed by atoms with E-state index in [4.69, 9.17) is 5.73 Å². The number of hydrazone groups is 1.